The summed E-state index contributed by atoms with van der Waals surface area (Å²) in [5.74, 6) is -1.90. The van der Waals surface area contributed by atoms with Crippen LogP contribution in [0.3, 0.4) is 0 Å². The summed E-state index contributed by atoms with van der Waals surface area (Å²) in [5.41, 5.74) is -0.795. The molecule has 216 valence electrons. The van der Waals surface area contributed by atoms with Crippen LogP contribution >= 0.6 is 11.6 Å². The van der Waals surface area contributed by atoms with Crippen molar-refractivity contribution in [1.82, 2.24) is 14.9 Å². The summed E-state index contributed by atoms with van der Waals surface area (Å²) in [6.07, 6.45) is 0.379. The molecular formula is C30H38ClN3O6. The minimum atomic E-state index is -0.847. The predicted molar refractivity (Wildman–Crippen MR) is 151 cm³/mol. The number of halogens is 1. The van der Waals surface area contributed by atoms with Crippen LogP contribution in [0.25, 0.3) is 0 Å². The molecule has 2 aromatic rings. The van der Waals surface area contributed by atoms with E-state index in [4.69, 9.17) is 21.1 Å². The Balaban J connectivity index is 1.79. The van der Waals surface area contributed by atoms with Crippen LogP contribution in [0.2, 0.25) is 5.02 Å². The Morgan fingerprint density at radius 2 is 1.40 bits per heavy atom. The molecule has 2 aromatic carbocycles. The van der Waals surface area contributed by atoms with Crippen LogP contribution < -0.4 is 0 Å². The lowest BCUT2D eigenvalue weighted by Crippen LogP contribution is -2.59. The normalized spacial score (nSPS) is 14.3. The smallest absolute Gasteiger partial charge is 0.410 e. The topological polar surface area (TPSA) is 96.5 Å². The standard InChI is InChI=1S/C30H38ClN3O6/c1-29(2,3)34(26(36)21-10-8-7-9-11-21)33(25(35)22-12-14-24(31)15-13-22)20-39-27(37)23-16-18-32(19-17-23)28(38)40-30(4,5)6/h7-15,23H,16-20H2,1-6H3. The third-order valence-corrected chi connectivity index (χ3v) is 6.48. The molecule has 0 spiro atoms. The van der Waals surface area contributed by atoms with Gasteiger partial charge in [-0.1, -0.05) is 29.8 Å². The number of esters is 1. The van der Waals surface area contributed by atoms with Gasteiger partial charge in [0.2, 0.25) is 0 Å². The van der Waals surface area contributed by atoms with E-state index < -0.39 is 47.7 Å². The van der Waals surface area contributed by atoms with Gasteiger partial charge in [-0.25, -0.2) is 14.8 Å². The van der Waals surface area contributed by atoms with E-state index >= 15 is 0 Å². The molecule has 1 aliphatic rings. The number of piperidine rings is 1. The summed E-state index contributed by atoms with van der Waals surface area (Å²) in [6.45, 7) is 11.0. The number of rotatable bonds is 5. The largest absolute Gasteiger partial charge is 0.444 e. The zero-order valence-electron chi connectivity index (χ0n) is 24.0. The zero-order chi connectivity index (χ0) is 29.7. The molecule has 0 aromatic heterocycles. The molecule has 0 N–H and O–H groups in total. The average molecular weight is 572 g/mol. The molecule has 0 aliphatic carbocycles. The highest BCUT2D eigenvalue weighted by Crippen LogP contribution is 2.25. The van der Waals surface area contributed by atoms with E-state index in [0.717, 1.165) is 5.01 Å². The predicted octanol–water partition coefficient (Wildman–Crippen LogP) is 5.79. The van der Waals surface area contributed by atoms with Crippen molar-refractivity contribution >= 4 is 35.5 Å². The molecule has 1 aliphatic heterocycles. The van der Waals surface area contributed by atoms with E-state index in [-0.39, 0.29) is 5.56 Å². The summed E-state index contributed by atoms with van der Waals surface area (Å²) >= 11 is 6.02. The van der Waals surface area contributed by atoms with Crippen LogP contribution in [0, 0.1) is 5.92 Å². The van der Waals surface area contributed by atoms with E-state index in [9.17, 15) is 19.2 Å². The molecule has 1 fully saturated rings. The molecule has 40 heavy (non-hydrogen) atoms. The molecule has 0 atom stereocenters. The molecule has 0 unspecified atom stereocenters. The van der Waals surface area contributed by atoms with Crippen LogP contribution in [0.15, 0.2) is 54.6 Å². The minimum Gasteiger partial charge on any atom is -0.444 e. The molecule has 0 saturated carbocycles. The Labute approximate surface area is 240 Å². The van der Waals surface area contributed by atoms with E-state index in [1.807, 2.05) is 0 Å². The molecule has 10 heteroatoms. The monoisotopic (exact) mass is 571 g/mol. The Morgan fingerprint density at radius 1 is 0.850 bits per heavy atom. The van der Waals surface area contributed by atoms with Crippen molar-refractivity contribution in [3.05, 3.63) is 70.7 Å². The number of hydrazine groups is 1. The lowest BCUT2D eigenvalue weighted by atomic mass is 9.97. The summed E-state index contributed by atoms with van der Waals surface area (Å²) < 4.78 is 11.1. The molecular weight excluding hydrogens is 534 g/mol. The summed E-state index contributed by atoms with van der Waals surface area (Å²) in [7, 11) is 0. The maximum atomic E-state index is 13.7. The first kappa shape index (κ1) is 30.9. The second-order valence-electron chi connectivity index (χ2n) is 11.7. The van der Waals surface area contributed by atoms with Gasteiger partial charge in [0, 0.05) is 29.2 Å². The Kier molecular flexibility index (Phi) is 9.84. The number of carbonyl (C=O) groups is 4. The highest BCUT2D eigenvalue weighted by atomic mass is 35.5. The van der Waals surface area contributed by atoms with E-state index in [2.05, 4.69) is 0 Å². The van der Waals surface area contributed by atoms with Gasteiger partial charge in [-0.05, 0) is 90.8 Å². The first-order valence-electron chi connectivity index (χ1n) is 13.3. The second kappa shape index (κ2) is 12.7. The number of ether oxygens (including phenoxy) is 2. The third kappa shape index (κ3) is 8.21. The minimum absolute atomic E-state index is 0.279. The van der Waals surface area contributed by atoms with Crippen LogP contribution in [-0.2, 0) is 14.3 Å². The lowest BCUT2D eigenvalue weighted by Gasteiger charge is -2.43. The van der Waals surface area contributed by atoms with Gasteiger partial charge < -0.3 is 14.4 Å². The van der Waals surface area contributed by atoms with E-state index in [1.54, 1.807) is 101 Å². The molecule has 9 nitrogen and oxygen atoms in total. The van der Waals surface area contributed by atoms with Gasteiger partial charge in [-0.3, -0.25) is 14.4 Å². The van der Waals surface area contributed by atoms with Crippen molar-refractivity contribution in [3.8, 4) is 0 Å². The fraction of sp³-hybridized carbons (Fsp3) is 0.467. The van der Waals surface area contributed by atoms with Gasteiger partial charge >= 0.3 is 12.1 Å². The maximum absolute atomic E-state index is 13.7. The van der Waals surface area contributed by atoms with Crippen molar-refractivity contribution in [2.75, 3.05) is 19.8 Å². The fourth-order valence-electron chi connectivity index (χ4n) is 4.29. The number of benzene rings is 2. The highest BCUT2D eigenvalue weighted by Gasteiger charge is 2.38. The quantitative estimate of drug-likeness (QED) is 0.256. The van der Waals surface area contributed by atoms with Crippen molar-refractivity contribution in [3.63, 3.8) is 0 Å². The average Bonchev–Trinajstić information content (AvgIpc) is 2.89. The van der Waals surface area contributed by atoms with Crippen molar-refractivity contribution in [2.45, 2.75) is 65.5 Å². The van der Waals surface area contributed by atoms with Crippen molar-refractivity contribution in [2.24, 2.45) is 5.92 Å². The molecule has 1 heterocycles. The first-order chi connectivity index (χ1) is 18.7. The highest BCUT2D eigenvalue weighted by molar-refractivity contribution is 6.30. The van der Waals surface area contributed by atoms with Crippen LogP contribution in [0.4, 0.5) is 4.79 Å². The molecule has 1 saturated heterocycles. The SMILES string of the molecule is CC(C)(C)OC(=O)N1CCC(C(=O)OCN(C(=O)c2ccc(Cl)cc2)N(C(=O)c2ccccc2)C(C)(C)C)CC1. The summed E-state index contributed by atoms with van der Waals surface area (Å²) in [4.78, 5) is 54.5. The molecule has 3 rings (SSSR count). The van der Waals surface area contributed by atoms with E-state index in [0.29, 0.717) is 36.5 Å². The first-order valence-corrected chi connectivity index (χ1v) is 13.7. The summed E-state index contributed by atoms with van der Waals surface area (Å²) in [6, 6.07) is 14.9. The maximum Gasteiger partial charge on any atom is 0.410 e. The Hall–Kier alpha value is -3.59. The fourth-order valence-corrected chi connectivity index (χ4v) is 4.42. The van der Waals surface area contributed by atoms with Gasteiger partial charge in [-0.2, -0.15) is 0 Å². The third-order valence-electron chi connectivity index (χ3n) is 6.22. The molecule has 0 radical (unpaired) electrons. The van der Waals surface area contributed by atoms with Gasteiger partial charge in [-0.15, -0.1) is 0 Å². The van der Waals surface area contributed by atoms with E-state index in [1.165, 1.54) is 5.01 Å². The van der Waals surface area contributed by atoms with Crippen molar-refractivity contribution in [1.29, 1.82) is 0 Å². The van der Waals surface area contributed by atoms with Crippen LogP contribution in [-0.4, -0.2) is 69.8 Å². The van der Waals surface area contributed by atoms with Gasteiger partial charge in [0.05, 0.1) is 11.5 Å². The number of hydrogen-bond donors (Lipinski definition) is 0. The number of likely N-dealkylation sites (tertiary alicyclic amines) is 1. The summed E-state index contributed by atoms with van der Waals surface area (Å²) in [5, 5.41) is 2.93. The second-order valence-corrected chi connectivity index (χ2v) is 12.1. The lowest BCUT2D eigenvalue weighted by molar-refractivity contribution is -0.162. The zero-order valence-corrected chi connectivity index (χ0v) is 24.7. The van der Waals surface area contributed by atoms with Gasteiger partial charge in [0.25, 0.3) is 11.8 Å². The van der Waals surface area contributed by atoms with Gasteiger partial charge in [0.1, 0.15) is 5.60 Å². The van der Waals surface area contributed by atoms with Crippen molar-refractivity contribution < 1.29 is 28.7 Å². The Morgan fingerprint density at radius 3 is 1.93 bits per heavy atom. The molecule has 0 bridgehead atoms. The molecule has 3 amide bonds. The van der Waals surface area contributed by atoms with Crippen LogP contribution in [0.1, 0.15) is 75.1 Å². The number of amides is 3. The number of nitrogens with zero attached hydrogens (tertiary/aromatic N) is 3. The number of hydrogen-bond acceptors (Lipinski definition) is 6. The van der Waals surface area contributed by atoms with Gasteiger partial charge in [0.15, 0.2) is 6.73 Å². The Bertz CT molecular complexity index is 1200. The van der Waals surface area contributed by atoms with Crippen LogP contribution in [0.5, 0.6) is 0 Å². The number of carbonyl (C=O) groups excluding carboxylic acids is 4.